The minimum Gasteiger partial charge on any atom is -0.504 e. The molecule has 0 aromatic rings. The largest absolute Gasteiger partial charge is 0.504 e. The number of hydrogen-bond acceptors (Lipinski definition) is 4. The number of aliphatic hydroxyl groups is 1. The van der Waals surface area contributed by atoms with Crippen LogP contribution in [0.5, 0.6) is 0 Å². The Bertz CT molecular complexity index is 493. The van der Waals surface area contributed by atoms with Gasteiger partial charge in [0.25, 0.3) is 5.78 Å². The Labute approximate surface area is 179 Å². The van der Waals surface area contributed by atoms with Crippen LogP contribution in [0.25, 0.3) is 0 Å². The maximum absolute atomic E-state index is 11.4. The molecule has 0 aliphatic heterocycles. The molecule has 0 fully saturated rings. The van der Waals surface area contributed by atoms with Gasteiger partial charge in [-0.15, -0.1) is 0 Å². The molecule has 5 N–H and O–H groups in total. The number of Topliss-reactive ketones (excluding diaryl/α,β-unsaturated/α-hetero) is 2. The number of rotatable bonds is 3. The fourth-order valence-corrected chi connectivity index (χ4v) is 0.614. The Kier molecular flexibility index (Phi) is 19.0. The van der Waals surface area contributed by atoms with Crippen LogP contribution in [-0.2, 0) is 14.4 Å². The molecule has 0 heterocycles. The molecule has 157 valence electrons. The van der Waals surface area contributed by atoms with Gasteiger partial charge in [-0.25, -0.2) is 0 Å². The predicted octanol–water partition coefficient (Wildman–Crippen LogP) is 1.57. The maximum Gasteiger partial charge on any atom is 0.454 e. The molecule has 26 heavy (non-hydrogen) atoms. The second-order valence-corrected chi connectivity index (χ2v) is 3.69. The Balaban J connectivity index is -0.000000104. The first-order valence-corrected chi connectivity index (χ1v) is 5.07. The van der Waals surface area contributed by atoms with Gasteiger partial charge in [0, 0.05) is 55.5 Å². The van der Waals surface area contributed by atoms with E-state index in [0.29, 0.717) is 0 Å². The van der Waals surface area contributed by atoms with Crippen molar-refractivity contribution in [1.29, 1.82) is 0 Å². The van der Waals surface area contributed by atoms with Crippen LogP contribution in [0.15, 0.2) is 11.8 Å². The van der Waals surface area contributed by atoms with E-state index in [1.54, 1.807) is 0 Å². The fraction of sp³-hybridized carbons (Fsp3) is 0.500. The van der Waals surface area contributed by atoms with Gasteiger partial charge in [-0.1, -0.05) is 0 Å². The van der Waals surface area contributed by atoms with Gasteiger partial charge in [-0.3, -0.25) is 14.4 Å². The minimum atomic E-state index is -5.42. The predicted molar refractivity (Wildman–Crippen MR) is 61.4 cm³/mol. The van der Waals surface area contributed by atoms with Gasteiger partial charge in [0.2, 0.25) is 11.5 Å². The van der Waals surface area contributed by atoms with Gasteiger partial charge < -0.3 is 16.1 Å². The molecule has 0 aliphatic rings. The number of hydrogen-bond donors (Lipinski definition) is 1. The first-order chi connectivity index (χ1) is 9.89. The van der Waals surface area contributed by atoms with Crippen molar-refractivity contribution < 1.29 is 119 Å². The van der Waals surface area contributed by atoms with E-state index in [9.17, 15) is 53.9 Å². The average Bonchev–Trinajstić information content (AvgIpc) is 2.24. The van der Waals surface area contributed by atoms with Crippen LogP contribution < -0.4 is 0 Å². The van der Waals surface area contributed by atoms with Crippen molar-refractivity contribution in [3.8, 4) is 0 Å². The molecule has 0 rings (SSSR count). The molecule has 0 aromatic heterocycles. The summed E-state index contributed by atoms with van der Waals surface area (Å²) < 4.78 is 102. The number of allylic oxidation sites excluding steroid dienone is 2. The van der Waals surface area contributed by atoms with E-state index < -0.39 is 54.1 Å². The summed E-state index contributed by atoms with van der Waals surface area (Å²) in [5.41, 5.74) is 0. The second-order valence-electron chi connectivity index (χ2n) is 3.69. The SMILES string of the molecule is CC(=O)CC(=O)C(F)(F)F.O.O.O=C(C=C(O)C(F)(F)F)C(F)(F)F.[Eu]. The molecule has 0 saturated carbocycles. The summed E-state index contributed by atoms with van der Waals surface area (Å²) in [6.07, 6.45) is -17.6. The molecule has 0 aromatic carbocycles. The zero-order chi connectivity index (χ0) is 19.2. The van der Waals surface area contributed by atoms with Gasteiger partial charge in [-0.05, 0) is 6.92 Å². The van der Waals surface area contributed by atoms with Gasteiger partial charge in [0.15, 0.2) is 0 Å². The van der Waals surface area contributed by atoms with Crippen LogP contribution in [0.4, 0.5) is 39.5 Å². The number of ketones is 3. The van der Waals surface area contributed by atoms with E-state index in [1.165, 1.54) is 0 Å². The van der Waals surface area contributed by atoms with E-state index in [1.807, 2.05) is 0 Å². The monoisotopic (exact) mass is 551 g/mol. The van der Waals surface area contributed by atoms with Crippen LogP contribution in [0.1, 0.15) is 13.3 Å². The molecule has 0 amide bonds. The number of alkyl halides is 9. The third-order valence-electron chi connectivity index (χ3n) is 1.56. The third kappa shape index (κ3) is 18.2. The fourth-order valence-electron chi connectivity index (χ4n) is 0.614. The van der Waals surface area contributed by atoms with Crippen molar-refractivity contribution in [3.05, 3.63) is 11.8 Å². The number of halogens is 9. The average molecular weight is 550 g/mol. The van der Waals surface area contributed by atoms with Crippen LogP contribution in [0.2, 0.25) is 0 Å². The number of aliphatic hydroxyl groups excluding tert-OH is 1. The first-order valence-electron chi connectivity index (χ1n) is 5.07. The number of carbonyl (C=O) groups is 3. The van der Waals surface area contributed by atoms with Crippen molar-refractivity contribution in [3.63, 3.8) is 0 Å². The van der Waals surface area contributed by atoms with Crippen molar-refractivity contribution in [2.75, 3.05) is 0 Å². The quantitative estimate of drug-likeness (QED) is 0.247. The van der Waals surface area contributed by atoms with Crippen LogP contribution in [0.3, 0.4) is 0 Å². The summed E-state index contributed by atoms with van der Waals surface area (Å²) in [6, 6.07) is 0. The molecular formula is C10H11EuF9O6. The molecular weight excluding hydrogens is 539 g/mol. The Morgan fingerprint density at radius 1 is 0.808 bits per heavy atom. The molecule has 6 nitrogen and oxygen atoms in total. The smallest absolute Gasteiger partial charge is 0.454 e. The van der Waals surface area contributed by atoms with Crippen LogP contribution >= 0.6 is 0 Å². The summed E-state index contributed by atoms with van der Waals surface area (Å²) >= 11 is 0. The van der Waals surface area contributed by atoms with E-state index in [0.717, 1.165) is 6.92 Å². The van der Waals surface area contributed by atoms with E-state index in [-0.39, 0.29) is 60.3 Å². The topological polar surface area (TPSA) is 134 Å². The molecule has 1 radical (unpaired) electrons. The van der Waals surface area contributed by atoms with Crippen molar-refractivity contribution >= 4 is 17.3 Å². The molecule has 16 heteroatoms. The molecule has 0 bridgehead atoms. The Morgan fingerprint density at radius 3 is 1.31 bits per heavy atom. The van der Waals surface area contributed by atoms with Crippen molar-refractivity contribution in [1.82, 2.24) is 0 Å². The molecule has 0 spiro atoms. The number of carbonyl (C=O) groups excluding carboxylic acids is 3. The van der Waals surface area contributed by atoms with Crippen LogP contribution in [0, 0.1) is 49.4 Å². The van der Waals surface area contributed by atoms with Gasteiger partial charge >= 0.3 is 18.5 Å². The first kappa shape index (κ1) is 36.4. The summed E-state index contributed by atoms with van der Waals surface area (Å²) in [5.74, 6) is -8.10. The Hall–Kier alpha value is -0.576. The van der Waals surface area contributed by atoms with E-state index >= 15 is 0 Å². The van der Waals surface area contributed by atoms with Gasteiger partial charge in [0.05, 0.1) is 6.42 Å². The van der Waals surface area contributed by atoms with E-state index in [4.69, 9.17) is 5.11 Å². The van der Waals surface area contributed by atoms with Gasteiger partial charge in [0.1, 0.15) is 5.78 Å². The zero-order valence-corrected chi connectivity index (χ0v) is 14.7. The molecule has 0 atom stereocenters. The summed E-state index contributed by atoms with van der Waals surface area (Å²) in [7, 11) is 0. The maximum atomic E-state index is 11.4. The zero-order valence-electron chi connectivity index (χ0n) is 12.2. The van der Waals surface area contributed by atoms with Gasteiger partial charge in [-0.2, -0.15) is 39.5 Å². The third-order valence-corrected chi connectivity index (χ3v) is 1.56. The van der Waals surface area contributed by atoms with Crippen LogP contribution in [-0.4, -0.2) is 51.9 Å². The normalized spacial score (nSPS) is 11.5. The van der Waals surface area contributed by atoms with Crippen molar-refractivity contribution in [2.24, 2.45) is 0 Å². The Morgan fingerprint density at radius 2 is 1.15 bits per heavy atom. The standard InChI is InChI=1S/C5H2F6O2.C5H5F3O2.Eu.2H2O/c6-4(7,8)2(12)1-3(13)5(9,10)11;1-3(9)2-4(10)5(6,7)8;;;/h1,12H;2H2,1H3;;2*1H2. The summed E-state index contributed by atoms with van der Waals surface area (Å²) in [5, 5.41) is 7.93. The molecule has 0 aliphatic carbocycles. The van der Waals surface area contributed by atoms with Crippen molar-refractivity contribution in [2.45, 2.75) is 31.9 Å². The minimum absolute atomic E-state index is 0. The molecule has 0 unspecified atom stereocenters. The molecule has 0 saturated heterocycles. The van der Waals surface area contributed by atoms with E-state index in [2.05, 4.69) is 0 Å². The summed E-state index contributed by atoms with van der Waals surface area (Å²) in [4.78, 5) is 29.8. The summed E-state index contributed by atoms with van der Waals surface area (Å²) in [6.45, 7) is 0.934. The second kappa shape index (κ2) is 13.6.